The summed E-state index contributed by atoms with van der Waals surface area (Å²) in [7, 11) is 0. The van der Waals surface area contributed by atoms with Gasteiger partial charge in [0.2, 0.25) is 5.91 Å². The molecule has 2 rings (SSSR count). The minimum atomic E-state index is -0.639. The van der Waals surface area contributed by atoms with Crippen LogP contribution in [0.2, 0.25) is 0 Å². The van der Waals surface area contributed by atoms with E-state index in [1.807, 2.05) is 4.90 Å². The molecule has 0 aromatic rings. The van der Waals surface area contributed by atoms with E-state index in [9.17, 15) is 4.79 Å². The zero-order valence-corrected chi connectivity index (χ0v) is 9.49. The highest BCUT2D eigenvalue weighted by molar-refractivity contribution is 5.88. The van der Waals surface area contributed by atoms with E-state index < -0.39 is 5.41 Å². The minimum absolute atomic E-state index is 0.0877. The topological polar surface area (TPSA) is 44.1 Å². The van der Waals surface area contributed by atoms with Crippen molar-refractivity contribution in [2.24, 2.45) is 5.41 Å². The van der Waals surface area contributed by atoms with Crippen LogP contribution in [0, 0.1) is 16.7 Å². The molecule has 3 heteroatoms. The van der Waals surface area contributed by atoms with Gasteiger partial charge in [0.25, 0.3) is 0 Å². The predicted octanol–water partition coefficient (Wildman–Crippen LogP) is 2.08. The minimum Gasteiger partial charge on any atom is -0.336 e. The fourth-order valence-corrected chi connectivity index (χ4v) is 2.57. The van der Waals surface area contributed by atoms with E-state index in [0.29, 0.717) is 12.1 Å². The standard InChI is InChI=1S/C12H18N2O/c1-9-4-3-5-10(2)14(9)11(15)12(8-13)6-7-12/h9-10H,3-7H2,1-2H3/t9-,10+. The molecule has 82 valence electrons. The highest BCUT2D eigenvalue weighted by atomic mass is 16.2. The molecule has 0 unspecified atom stereocenters. The first-order valence-corrected chi connectivity index (χ1v) is 5.85. The molecule has 1 heterocycles. The van der Waals surface area contributed by atoms with Crippen molar-refractivity contribution in [2.75, 3.05) is 0 Å². The average Bonchev–Trinajstić information content (AvgIpc) is 2.97. The summed E-state index contributed by atoms with van der Waals surface area (Å²) in [6, 6.07) is 2.82. The largest absolute Gasteiger partial charge is 0.336 e. The van der Waals surface area contributed by atoms with Gasteiger partial charge >= 0.3 is 0 Å². The number of nitriles is 1. The molecule has 0 aromatic heterocycles. The van der Waals surface area contributed by atoms with Gasteiger partial charge in [0, 0.05) is 12.1 Å². The lowest BCUT2D eigenvalue weighted by atomic mass is 9.94. The zero-order chi connectivity index (χ0) is 11.1. The van der Waals surface area contributed by atoms with Crippen LogP contribution in [0.3, 0.4) is 0 Å². The van der Waals surface area contributed by atoms with E-state index in [0.717, 1.165) is 25.7 Å². The molecule has 0 radical (unpaired) electrons. The predicted molar refractivity (Wildman–Crippen MR) is 56.9 cm³/mol. The quantitative estimate of drug-likeness (QED) is 0.659. The number of amides is 1. The SMILES string of the molecule is C[C@@H]1CCC[C@H](C)N1C(=O)C1(C#N)CC1. The Hall–Kier alpha value is -1.04. The number of nitrogens with zero attached hydrogens (tertiary/aromatic N) is 2. The summed E-state index contributed by atoms with van der Waals surface area (Å²) >= 11 is 0. The van der Waals surface area contributed by atoms with Crippen LogP contribution in [0.1, 0.15) is 46.0 Å². The summed E-state index contributed by atoms with van der Waals surface area (Å²) in [4.78, 5) is 14.2. The van der Waals surface area contributed by atoms with Gasteiger partial charge in [0.05, 0.1) is 6.07 Å². The number of carbonyl (C=O) groups excluding carboxylic acids is 1. The molecule has 1 saturated carbocycles. The molecule has 1 saturated heterocycles. The smallest absolute Gasteiger partial charge is 0.243 e. The van der Waals surface area contributed by atoms with Gasteiger partial charge in [-0.3, -0.25) is 4.79 Å². The maximum atomic E-state index is 12.2. The number of hydrogen-bond acceptors (Lipinski definition) is 2. The van der Waals surface area contributed by atoms with Gasteiger partial charge in [0.15, 0.2) is 0 Å². The summed E-state index contributed by atoms with van der Waals surface area (Å²) in [6.07, 6.45) is 4.89. The van der Waals surface area contributed by atoms with E-state index in [4.69, 9.17) is 5.26 Å². The Morgan fingerprint density at radius 1 is 1.33 bits per heavy atom. The van der Waals surface area contributed by atoms with Crippen LogP contribution in [0.4, 0.5) is 0 Å². The molecule has 0 bridgehead atoms. The second kappa shape index (κ2) is 3.52. The van der Waals surface area contributed by atoms with E-state index >= 15 is 0 Å². The van der Waals surface area contributed by atoms with Gasteiger partial charge in [-0.05, 0) is 46.0 Å². The molecular weight excluding hydrogens is 188 g/mol. The molecule has 2 fully saturated rings. The Labute approximate surface area is 91.1 Å². The molecule has 2 atom stereocenters. The van der Waals surface area contributed by atoms with Crippen LogP contribution in [-0.2, 0) is 4.79 Å². The summed E-state index contributed by atoms with van der Waals surface area (Å²) in [5.74, 6) is 0.0877. The van der Waals surface area contributed by atoms with Crippen molar-refractivity contribution >= 4 is 5.91 Å². The van der Waals surface area contributed by atoms with Crippen LogP contribution in [0.5, 0.6) is 0 Å². The molecule has 0 aromatic carbocycles. The highest BCUT2D eigenvalue weighted by Crippen LogP contribution is 2.47. The molecule has 15 heavy (non-hydrogen) atoms. The molecule has 1 aliphatic heterocycles. The lowest BCUT2D eigenvalue weighted by molar-refractivity contribution is -0.141. The van der Waals surface area contributed by atoms with Crippen molar-refractivity contribution in [3.8, 4) is 6.07 Å². The van der Waals surface area contributed by atoms with Crippen molar-refractivity contribution in [3.63, 3.8) is 0 Å². The molecule has 0 spiro atoms. The lowest BCUT2D eigenvalue weighted by Gasteiger charge is -2.40. The Balaban J connectivity index is 2.15. The monoisotopic (exact) mass is 206 g/mol. The fourth-order valence-electron chi connectivity index (χ4n) is 2.57. The van der Waals surface area contributed by atoms with Crippen LogP contribution < -0.4 is 0 Å². The van der Waals surface area contributed by atoms with Gasteiger partial charge in [0.1, 0.15) is 5.41 Å². The van der Waals surface area contributed by atoms with Gasteiger partial charge in [-0.25, -0.2) is 0 Å². The van der Waals surface area contributed by atoms with Gasteiger partial charge in [-0.2, -0.15) is 5.26 Å². The van der Waals surface area contributed by atoms with Crippen LogP contribution in [-0.4, -0.2) is 22.9 Å². The average molecular weight is 206 g/mol. The summed E-state index contributed by atoms with van der Waals surface area (Å²) < 4.78 is 0. The summed E-state index contributed by atoms with van der Waals surface area (Å²) in [5, 5.41) is 9.03. The number of rotatable bonds is 1. The molecule has 3 nitrogen and oxygen atoms in total. The number of likely N-dealkylation sites (tertiary alicyclic amines) is 1. The van der Waals surface area contributed by atoms with Crippen molar-refractivity contribution in [3.05, 3.63) is 0 Å². The molecule has 1 amide bonds. The first-order chi connectivity index (χ1) is 7.10. The third kappa shape index (κ3) is 1.62. The normalized spacial score (nSPS) is 33.3. The van der Waals surface area contributed by atoms with Crippen molar-refractivity contribution in [1.82, 2.24) is 4.90 Å². The molecule has 0 N–H and O–H groups in total. The molecule has 1 aliphatic carbocycles. The number of piperidine rings is 1. The van der Waals surface area contributed by atoms with E-state index in [2.05, 4.69) is 19.9 Å². The highest BCUT2D eigenvalue weighted by Gasteiger charge is 2.54. The summed E-state index contributed by atoms with van der Waals surface area (Å²) in [5.41, 5.74) is -0.639. The Bertz CT molecular complexity index is 304. The third-order valence-electron chi connectivity index (χ3n) is 3.80. The number of carbonyl (C=O) groups is 1. The van der Waals surface area contributed by atoms with E-state index in [-0.39, 0.29) is 5.91 Å². The maximum Gasteiger partial charge on any atom is 0.243 e. The van der Waals surface area contributed by atoms with Crippen molar-refractivity contribution in [1.29, 1.82) is 5.26 Å². The lowest BCUT2D eigenvalue weighted by Crippen LogP contribution is -2.50. The van der Waals surface area contributed by atoms with E-state index in [1.54, 1.807) is 0 Å². The van der Waals surface area contributed by atoms with Crippen LogP contribution in [0.25, 0.3) is 0 Å². The van der Waals surface area contributed by atoms with Crippen molar-refractivity contribution < 1.29 is 4.79 Å². The molecule has 2 aliphatic rings. The first kappa shape index (κ1) is 10.5. The Morgan fingerprint density at radius 3 is 2.27 bits per heavy atom. The Kier molecular flexibility index (Phi) is 2.46. The van der Waals surface area contributed by atoms with Crippen molar-refractivity contribution in [2.45, 2.75) is 58.0 Å². The second-order valence-electron chi connectivity index (χ2n) is 5.04. The fraction of sp³-hybridized carbons (Fsp3) is 0.833. The number of hydrogen-bond donors (Lipinski definition) is 0. The third-order valence-corrected chi connectivity index (χ3v) is 3.80. The van der Waals surface area contributed by atoms with Gasteiger partial charge in [-0.1, -0.05) is 0 Å². The van der Waals surface area contributed by atoms with Crippen LogP contribution in [0.15, 0.2) is 0 Å². The summed E-state index contributed by atoms with van der Waals surface area (Å²) in [6.45, 7) is 4.20. The Morgan fingerprint density at radius 2 is 1.87 bits per heavy atom. The maximum absolute atomic E-state index is 12.2. The van der Waals surface area contributed by atoms with Gasteiger partial charge < -0.3 is 4.90 Å². The zero-order valence-electron chi connectivity index (χ0n) is 9.49. The molecular formula is C12H18N2O. The first-order valence-electron chi connectivity index (χ1n) is 5.85. The second-order valence-corrected chi connectivity index (χ2v) is 5.04. The van der Waals surface area contributed by atoms with Crippen LogP contribution >= 0.6 is 0 Å². The van der Waals surface area contributed by atoms with E-state index in [1.165, 1.54) is 6.42 Å². The van der Waals surface area contributed by atoms with Gasteiger partial charge in [-0.15, -0.1) is 0 Å².